The normalized spacial score (nSPS) is 15.7. The van der Waals surface area contributed by atoms with Crippen molar-refractivity contribution in [2.45, 2.75) is 39.0 Å². The van der Waals surface area contributed by atoms with Crippen LogP contribution in [0, 0.1) is 12.8 Å². The Hall–Kier alpha value is -2.37. The van der Waals surface area contributed by atoms with Crippen LogP contribution in [-0.2, 0) is 0 Å². The molecule has 3 N–H and O–H groups in total. The maximum absolute atomic E-state index is 12.6. The van der Waals surface area contributed by atoms with Gasteiger partial charge in [-0.2, -0.15) is 0 Å². The molecular formula is C17H22N4O2. The van der Waals surface area contributed by atoms with Crippen molar-refractivity contribution in [2.24, 2.45) is 11.7 Å². The molecule has 2 aromatic rings. The van der Waals surface area contributed by atoms with Crippen LogP contribution in [0.5, 0.6) is 0 Å². The first-order valence-electron chi connectivity index (χ1n) is 8.13. The first kappa shape index (κ1) is 15.5. The third kappa shape index (κ3) is 3.06. The van der Waals surface area contributed by atoms with E-state index >= 15 is 0 Å². The molecule has 0 aliphatic heterocycles. The lowest BCUT2D eigenvalue weighted by Crippen LogP contribution is -2.30. The monoisotopic (exact) mass is 314 g/mol. The number of hydrogen-bond acceptors (Lipinski definition) is 4. The zero-order valence-corrected chi connectivity index (χ0v) is 13.3. The van der Waals surface area contributed by atoms with Crippen LogP contribution in [-0.4, -0.2) is 21.8 Å². The minimum absolute atomic E-state index is 0.0658. The average Bonchev–Trinajstić information content (AvgIpc) is 2.54. The second-order valence-corrected chi connectivity index (χ2v) is 6.27. The molecule has 6 nitrogen and oxygen atoms in total. The standard InChI is InChI=1S/C17H22N4O2/c1-11-6-5-9-21-16(11)20-15(13(14(18)22)17(21)23)19-10-12-7-3-2-4-8-12/h5-6,9,12,19H,2-4,7-8,10H2,1H3,(H2,18,22). The Morgan fingerprint density at radius 2 is 2.13 bits per heavy atom. The number of primary amides is 1. The zero-order valence-electron chi connectivity index (χ0n) is 13.3. The van der Waals surface area contributed by atoms with Gasteiger partial charge in [0, 0.05) is 12.7 Å². The summed E-state index contributed by atoms with van der Waals surface area (Å²) in [6.07, 6.45) is 7.71. The van der Waals surface area contributed by atoms with Crippen LogP contribution in [0.3, 0.4) is 0 Å². The average molecular weight is 314 g/mol. The van der Waals surface area contributed by atoms with Crippen LogP contribution in [0.1, 0.15) is 48.0 Å². The molecule has 1 fully saturated rings. The minimum atomic E-state index is -0.746. The van der Waals surface area contributed by atoms with Gasteiger partial charge < -0.3 is 11.1 Å². The third-order valence-corrected chi connectivity index (χ3v) is 4.58. The number of carbonyl (C=O) groups excluding carboxylic acids is 1. The second-order valence-electron chi connectivity index (χ2n) is 6.27. The van der Waals surface area contributed by atoms with E-state index in [0.29, 0.717) is 17.4 Å². The fourth-order valence-corrected chi connectivity index (χ4v) is 3.28. The summed E-state index contributed by atoms with van der Waals surface area (Å²) < 4.78 is 1.38. The highest BCUT2D eigenvalue weighted by Gasteiger charge is 2.20. The number of nitrogens with two attached hydrogens (primary N) is 1. The topological polar surface area (TPSA) is 89.5 Å². The number of aromatic nitrogens is 2. The molecule has 1 aliphatic rings. The van der Waals surface area contributed by atoms with E-state index in [2.05, 4.69) is 10.3 Å². The number of amides is 1. The Balaban J connectivity index is 2.00. The van der Waals surface area contributed by atoms with Crippen LogP contribution in [0.15, 0.2) is 23.1 Å². The highest BCUT2D eigenvalue weighted by molar-refractivity contribution is 5.97. The lowest BCUT2D eigenvalue weighted by molar-refractivity contribution is 0.0999. The van der Waals surface area contributed by atoms with Crippen molar-refractivity contribution in [3.05, 3.63) is 39.8 Å². The maximum Gasteiger partial charge on any atom is 0.272 e. The van der Waals surface area contributed by atoms with Gasteiger partial charge in [0.1, 0.15) is 17.0 Å². The van der Waals surface area contributed by atoms with Crippen molar-refractivity contribution in [3.63, 3.8) is 0 Å². The highest BCUT2D eigenvalue weighted by Crippen LogP contribution is 2.24. The van der Waals surface area contributed by atoms with Crippen LogP contribution in [0.25, 0.3) is 5.65 Å². The predicted octanol–water partition coefficient (Wildman–Crippen LogP) is 2.09. The highest BCUT2D eigenvalue weighted by atomic mass is 16.2. The molecule has 122 valence electrons. The molecule has 0 saturated heterocycles. The molecule has 1 aliphatic carbocycles. The summed E-state index contributed by atoms with van der Waals surface area (Å²) in [5.41, 5.74) is 6.36. The Morgan fingerprint density at radius 3 is 2.83 bits per heavy atom. The molecule has 2 heterocycles. The molecule has 2 aromatic heterocycles. The predicted molar refractivity (Wildman–Crippen MR) is 89.8 cm³/mol. The molecule has 0 spiro atoms. The molecule has 0 bridgehead atoms. The van der Waals surface area contributed by atoms with E-state index in [1.807, 2.05) is 13.0 Å². The Kier molecular flexibility index (Phi) is 4.32. The Morgan fingerprint density at radius 1 is 1.39 bits per heavy atom. The molecule has 23 heavy (non-hydrogen) atoms. The van der Waals surface area contributed by atoms with E-state index in [1.165, 1.54) is 36.5 Å². The summed E-state index contributed by atoms with van der Waals surface area (Å²) in [4.78, 5) is 28.8. The number of carbonyl (C=O) groups is 1. The number of hydrogen-bond donors (Lipinski definition) is 2. The van der Waals surface area contributed by atoms with Gasteiger partial charge in [-0.25, -0.2) is 4.98 Å². The summed E-state index contributed by atoms with van der Waals surface area (Å²) in [6, 6.07) is 3.64. The largest absolute Gasteiger partial charge is 0.369 e. The molecule has 0 atom stereocenters. The lowest BCUT2D eigenvalue weighted by atomic mass is 9.89. The fourth-order valence-electron chi connectivity index (χ4n) is 3.28. The quantitative estimate of drug-likeness (QED) is 0.904. The van der Waals surface area contributed by atoms with Gasteiger partial charge in [0.15, 0.2) is 0 Å². The van der Waals surface area contributed by atoms with Gasteiger partial charge in [-0.05, 0) is 37.3 Å². The molecular weight excluding hydrogens is 292 g/mol. The van der Waals surface area contributed by atoms with E-state index in [1.54, 1.807) is 12.3 Å². The van der Waals surface area contributed by atoms with Gasteiger partial charge in [-0.3, -0.25) is 14.0 Å². The van der Waals surface area contributed by atoms with E-state index < -0.39 is 11.5 Å². The van der Waals surface area contributed by atoms with Crippen LogP contribution < -0.4 is 16.6 Å². The van der Waals surface area contributed by atoms with Crippen molar-refractivity contribution < 1.29 is 4.79 Å². The number of pyridine rings is 1. The van der Waals surface area contributed by atoms with Crippen LogP contribution >= 0.6 is 0 Å². The molecule has 0 unspecified atom stereocenters. The van der Waals surface area contributed by atoms with Gasteiger partial charge in [0.05, 0.1) is 0 Å². The van der Waals surface area contributed by atoms with Crippen LogP contribution in [0.4, 0.5) is 5.82 Å². The zero-order chi connectivity index (χ0) is 16.4. The minimum Gasteiger partial charge on any atom is -0.369 e. The summed E-state index contributed by atoms with van der Waals surface area (Å²) >= 11 is 0. The lowest BCUT2D eigenvalue weighted by Gasteiger charge is -2.22. The van der Waals surface area contributed by atoms with Crippen molar-refractivity contribution in [3.8, 4) is 0 Å². The summed E-state index contributed by atoms with van der Waals surface area (Å²) in [5.74, 6) is 0.119. The van der Waals surface area contributed by atoms with Crippen molar-refractivity contribution in [1.82, 2.24) is 9.38 Å². The van der Waals surface area contributed by atoms with E-state index in [9.17, 15) is 9.59 Å². The molecule has 0 radical (unpaired) electrons. The van der Waals surface area contributed by atoms with Crippen molar-refractivity contribution in [2.75, 3.05) is 11.9 Å². The SMILES string of the molecule is Cc1cccn2c(=O)c(C(N)=O)c(NCC3CCCCC3)nc12. The molecule has 6 heteroatoms. The Bertz CT molecular complexity index is 791. The molecule has 1 amide bonds. The van der Waals surface area contributed by atoms with Gasteiger partial charge in [-0.1, -0.05) is 25.3 Å². The molecule has 0 aromatic carbocycles. The van der Waals surface area contributed by atoms with E-state index in [-0.39, 0.29) is 5.56 Å². The first-order chi connectivity index (χ1) is 11.1. The summed E-state index contributed by atoms with van der Waals surface area (Å²) in [6.45, 7) is 2.60. The van der Waals surface area contributed by atoms with Gasteiger partial charge in [0.2, 0.25) is 0 Å². The van der Waals surface area contributed by atoms with E-state index in [4.69, 9.17) is 5.73 Å². The second kappa shape index (κ2) is 6.40. The fraction of sp³-hybridized carbons (Fsp3) is 0.471. The van der Waals surface area contributed by atoms with Gasteiger partial charge in [0.25, 0.3) is 11.5 Å². The summed E-state index contributed by atoms with van der Waals surface area (Å²) in [5, 5.41) is 3.20. The number of anilines is 1. The Labute approximate surface area is 134 Å². The maximum atomic E-state index is 12.6. The van der Waals surface area contributed by atoms with Gasteiger partial charge in [-0.15, -0.1) is 0 Å². The number of nitrogens with zero attached hydrogens (tertiary/aromatic N) is 2. The molecule has 3 rings (SSSR count). The third-order valence-electron chi connectivity index (χ3n) is 4.58. The van der Waals surface area contributed by atoms with Crippen LogP contribution in [0.2, 0.25) is 0 Å². The van der Waals surface area contributed by atoms with Crippen molar-refractivity contribution >= 4 is 17.4 Å². The molecule has 1 saturated carbocycles. The number of fused-ring (bicyclic) bond motifs is 1. The number of nitrogens with one attached hydrogen (secondary N) is 1. The smallest absolute Gasteiger partial charge is 0.272 e. The first-order valence-corrected chi connectivity index (χ1v) is 8.13. The van der Waals surface area contributed by atoms with Gasteiger partial charge >= 0.3 is 0 Å². The van der Waals surface area contributed by atoms with Crippen molar-refractivity contribution in [1.29, 1.82) is 0 Å². The number of aryl methyl sites for hydroxylation is 1. The van der Waals surface area contributed by atoms with E-state index in [0.717, 1.165) is 12.1 Å². The number of rotatable bonds is 4. The summed E-state index contributed by atoms with van der Waals surface area (Å²) in [7, 11) is 0.